The number of ether oxygens (including phenoxy) is 1. The van der Waals surface area contributed by atoms with Gasteiger partial charge in [-0.25, -0.2) is 19.2 Å². The molecule has 0 bridgehead atoms. The second-order valence-electron chi connectivity index (χ2n) is 4.62. The zero-order valence-corrected chi connectivity index (χ0v) is 12.5. The molecule has 0 saturated carbocycles. The number of aromatic nitrogens is 5. The minimum absolute atomic E-state index is 0.0739. The number of amides is 1. The van der Waals surface area contributed by atoms with Gasteiger partial charge in [0.25, 0.3) is 5.88 Å². The fourth-order valence-corrected chi connectivity index (χ4v) is 1.80. The molecule has 2 N–H and O–H groups in total. The summed E-state index contributed by atoms with van der Waals surface area (Å²) in [5.74, 6) is -0.120. The Bertz CT molecular complexity index is 868. The molecule has 1 amide bonds. The Labute approximate surface area is 135 Å². The second kappa shape index (κ2) is 6.69. The van der Waals surface area contributed by atoms with E-state index in [1.807, 2.05) is 0 Å². The van der Waals surface area contributed by atoms with E-state index in [1.165, 1.54) is 29.3 Å². The van der Waals surface area contributed by atoms with Crippen molar-refractivity contribution < 1.29 is 13.9 Å². The summed E-state index contributed by atoms with van der Waals surface area (Å²) < 4.78 is 19.8. The average molecular weight is 329 g/mol. The van der Waals surface area contributed by atoms with Crippen LogP contribution in [0.5, 0.6) is 5.88 Å². The zero-order valence-electron chi connectivity index (χ0n) is 12.5. The Morgan fingerprint density at radius 3 is 2.88 bits per heavy atom. The molecule has 0 saturated heterocycles. The van der Waals surface area contributed by atoms with Crippen molar-refractivity contribution in [3.63, 3.8) is 0 Å². The molecule has 3 aromatic rings. The smallest absolute Gasteiger partial charge is 0.387 e. The van der Waals surface area contributed by atoms with Crippen molar-refractivity contribution >= 4 is 23.4 Å². The fraction of sp³-hybridized carbons (Fsp3) is 0.0714. The van der Waals surface area contributed by atoms with Gasteiger partial charge in [0, 0.05) is 37.8 Å². The van der Waals surface area contributed by atoms with Crippen LogP contribution in [0.4, 0.5) is 26.5 Å². The number of carbonyl (C=O) groups is 1. The molecular weight excluding hydrogens is 317 g/mol. The average Bonchev–Trinajstić information content (AvgIpc) is 2.94. The lowest BCUT2D eigenvalue weighted by Crippen LogP contribution is -2.18. The second-order valence-corrected chi connectivity index (χ2v) is 4.62. The third kappa shape index (κ3) is 3.80. The van der Waals surface area contributed by atoms with Crippen molar-refractivity contribution in [3.8, 4) is 5.88 Å². The Morgan fingerprint density at radius 1 is 1.29 bits per heavy atom. The molecule has 122 valence electrons. The van der Waals surface area contributed by atoms with Gasteiger partial charge in [-0.2, -0.15) is 5.10 Å². The molecule has 3 aromatic heterocycles. The predicted octanol–water partition coefficient (Wildman–Crippen LogP) is 2.10. The lowest BCUT2D eigenvalue weighted by atomic mass is 10.4. The normalized spacial score (nSPS) is 10.2. The van der Waals surface area contributed by atoms with E-state index >= 15 is 0 Å². The third-order valence-electron chi connectivity index (χ3n) is 2.77. The standard InChI is InChI=1S/C14H12FN7O2/c1-22-5-2-11(21-22)20-14(23)24-13-12(17-3-4-18-13)19-10-6-9(15)7-16-8-10/h2-8H,1H3,(H,17,19)(H,20,21,23). The van der Waals surface area contributed by atoms with Gasteiger partial charge in [-0.05, 0) is 0 Å². The molecule has 0 aliphatic heterocycles. The van der Waals surface area contributed by atoms with Gasteiger partial charge >= 0.3 is 6.09 Å². The summed E-state index contributed by atoms with van der Waals surface area (Å²) in [6, 6.07) is 2.83. The molecule has 3 heterocycles. The number of halogens is 1. The van der Waals surface area contributed by atoms with Crippen LogP contribution in [0, 0.1) is 5.82 Å². The Kier molecular flexibility index (Phi) is 4.27. The number of anilines is 3. The topological polar surface area (TPSA) is 107 Å². The van der Waals surface area contributed by atoms with Gasteiger partial charge in [0.15, 0.2) is 11.6 Å². The van der Waals surface area contributed by atoms with E-state index in [-0.39, 0.29) is 11.7 Å². The summed E-state index contributed by atoms with van der Waals surface area (Å²) in [5, 5.41) is 9.23. The molecule has 0 radical (unpaired) electrons. The van der Waals surface area contributed by atoms with Gasteiger partial charge in [-0.1, -0.05) is 0 Å². The van der Waals surface area contributed by atoms with Gasteiger partial charge in [0.1, 0.15) is 5.82 Å². The highest BCUT2D eigenvalue weighted by Crippen LogP contribution is 2.22. The van der Waals surface area contributed by atoms with Gasteiger partial charge in [-0.3, -0.25) is 15.0 Å². The van der Waals surface area contributed by atoms with Crippen molar-refractivity contribution in [3.05, 3.63) is 48.9 Å². The van der Waals surface area contributed by atoms with Crippen LogP contribution < -0.4 is 15.4 Å². The maximum absolute atomic E-state index is 13.2. The first-order chi connectivity index (χ1) is 11.6. The molecule has 24 heavy (non-hydrogen) atoms. The number of pyridine rings is 1. The first-order valence-electron chi connectivity index (χ1n) is 6.77. The number of nitrogens with one attached hydrogen (secondary N) is 2. The van der Waals surface area contributed by atoms with Gasteiger partial charge in [-0.15, -0.1) is 0 Å². The van der Waals surface area contributed by atoms with Crippen LogP contribution in [0.15, 0.2) is 43.1 Å². The van der Waals surface area contributed by atoms with E-state index in [4.69, 9.17) is 4.74 Å². The molecule has 3 rings (SSSR count). The Balaban J connectivity index is 1.73. The van der Waals surface area contributed by atoms with Gasteiger partial charge < -0.3 is 10.1 Å². The summed E-state index contributed by atoms with van der Waals surface area (Å²) >= 11 is 0. The molecule has 0 spiro atoms. The monoisotopic (exact) mass is 329 g/mol. The van der Waals surface area contributed by atoms with Crippen molar-refractivity contribution in [1.29, 1.82) is 0 Å². The van der Waals surface area contributed by atoms with Crippen LogP contribution in [0.25, 0.3) is 0 Å². The van der Waals surface area contributed by atoms with E-state index in [1.54, 1.807) is 19.3 Å². The van der Waals surface area contributed by atoms with Crippen molar-refractivity contribution in [1.82, 2.24) is 24.7 Å². The summed E-state index contributed by atoms with van der Waals surface area (Å²) in [6.45, 7) is 0. The molecule has 9 nitrogen and oxygen atoms in total. The van der Waals surface area contributed by atoms with Crippen molar-refractivity contribution in [2.24, 2.45) is 7.05 Å². The number of aryl methyl sites for hydroxylation is 1. The van der Waals surface area contributed by atoms with Crippen LogP contribution in [-0.2, 0) is 7.05 Å². The quantitative estimate of drug-likeness (QED) is 0.754. The van der Waals surface area contributed by atoms with Gasteiger partial charge in [0.05, 0.1) is 18.1 Å². The number of hydrogen-bond acceptors (Lipinski definition) is 7. The summed E-state index contributed by atoms with van der Waals surface area (Å²) in [4.78, 5) is 23.6. The van der Waals surface area contributed by atoms with Crippen LogP contribution >= 0.6 is 0 Å². The first-order valence-corrected chi connectivity index (χ1v) is 6.77. The molecule has 0 aliphatic rings. The maximum Gasteiger partial charge on any atom is 0.419 e. The largest absolute Gasteiger partial charge is 0.419 e. The lowest BCUT2D eigenvalue weighted by molar-refractivity contribution is 0.213. The maximum atomic E-state index is 13.2. The SMILES string of the molecule is Cn1ccc(NC(=O)Oc2nccnc2Nc2cncc(F)c2)n1. The third-order valence-corrected chi connectivity index (χ3v) is 2.77. The summed E-state index contributed by atoms with van der Waals surface area (Å²) in [6.07, 6.45) is 6.11. The minimum Gasteiger partial charge on any atom is -0.387 e. The molecule has 0 aliphatic carbocycles. The highest BCUT2D eigenvalue weighted by molar-refractivity contribution is 5.85. The van der Waals surface area contributed by atoms with E-state index in [2.05, 4.69) is 30.7 Å². The van der Waals surface area contributed by atoms with E-state index in [9.17, 15) is 9.18 Å². The van der Waals surface area contributed by atoms with Crippen LogP contribution in [0.2, 0.25) is 0 Å². The number of rotatable bonds is 4. The number of hydrogen-bond donors (Lipinski definition) is 2. The molecule has 0 aromatic carbocycles. The molecule has 0 atom stereocenters. The van der Waals surface area contributed by atoms with Crippen molar-refractivity contribution in [2.45, 2.75) is 0 Å². The number of nitrogens with zero attached hydrogens (tertiary/aromatic N) is 5. The van der Waals surface area contributed by atoms with E-state index in [0.717, 1.165) is 6.20 Å². The zero-order chi connectivity index (χ0) is 16.9. The Morgan fingerprint density at radius 2 is 2.12 bits per heavy atom. The van der Waals surface area contributed by atoms with Crippen molar-refractivity contribution in [2.75, 3.05) is 10.6 Å². The van der Waals surface area contributed by atoms with Crippen LogP contribution in [0.3, 0.4) is 0 Å². The molecule has 10 heteroatoms. The predicted molar refractivity (Wildman–Crippen MR) is 82.4 cm³/mol. The summed E-state index contributed by atoms with van der Waals surface area (Å²) in [7, 11) is 1.72. The van der Waals surface area contributed by atoms with Crippen LogP contribution in [-0.4, -0.2) is 30.8 Å². The number of carbonyl (C=O) groups excluding carboxylic acids is 1. The highest BCUT2D eigenvalue weighted by atomic mass is 19.1. The lowest BCUT2D eigenvalue weighted by Gasteiger charge is -2.09. The summed E-state index contributed by atoms with van der Waals surface area (Å²) in [5.41, 5.74) is 0.338. The van der Waals surface area contributed by atoms with Crippen LogP contribution in [0.1, 0.15) is 0 Å². The van der Waals surface area contributed by atoms with E-state index < -0.39 is 11.9 Å². The Hall–Kier alpha value is -3.56. The van der Waals surface area contributed by atoms with Gasteiger partial charge in [0.2, 0.25) is 0 Å². The van der Waals surface area contributed by atoms with E-state index in [0.29, 0.717) is 11.5 Å². The molecule has 0 fully saturated rings. The minimum atomic E-state index is -0.783. The highest BCUT2D eigenvalue weighted by Gasteiger charge is 2.13. The molecular formula is C14H12FN7O2. The fourth-order valence-electron chi connectivity index (χ4n) is 1.80. The molecule has 0 unspecified atom stereocenters. The first kappa shape index (κ1) is 15.3.